The van der Waals surface area contributed by atoms with Crippen molar-refractivity contribution < 1.29 is 13.2 Å². The maximum atomic E-state index is 13.0. The summed E-state index contributed by atoms with van der Waals surface area (Å²) in [4.78, 5) is 20.2. The summed E-state index contributed by atoms with van der Waals surface area (Å²) >= 11 is 6.39. The monoisotopic (exact) mass is 490 g/mol. The summed E-state index contributed by atoms with van der Waals surface area (Å²) < 4.78 is 22.9. The van der Waals surface area contributed by atoms with Gasteiger partial charge in [0.25, 0.3) is 0 Å². The molecule has 2 aromatic rings. The molecule has 180 valence electrons. The Labute approximate surface area is 203 Å². The molecule has 2 heterocycles. The van der Waals surface area contributed by atoms with Crippen LogP contribution in [0, 0.1) is 12.8 Å². The standard InChI is InChI=1S/C26H35ClN2O3S/c1-18-11-14-29(15-12-18)26-22(6-5-19(2)28-26)9-10-25(30)20(3)23-8-7-21(24(27)17-23)13-16-33(4,31)32/h5-8,17-18,20H,9-16H2,1-4H3. The van der Waals surface area contributed by atoms with Crippen molar-refractivity contribution >= 4 is 33.0 Å². The maximum absolute atomic E-state index is 13.0. The number of carbonyl (C=O) groups excluding carboxylic acids is 1. The van der Waals surface area contributed by atoms with Gasteiger partial charge in [0, 0.05) is 42.4 Å². The Bertz CT molecular complexity index is 1090. The fourth-order valence-corrected chi connectivity index (χ4v) is 5.13. The van der Waals surface area contributed by atoms with Gasteiger partial charge in [0.1, 0.15) is 21.4 Å². The molecule has 0 saturated carbocycles. The zero-order chi connectivity index (χ0) is 24.2. The summed E-state index contributed by atoms with van der Waals surface area (Å²) in [5.74, 6) is 1.73. The summed E-state index contributed by atoms with van der Waals surface area (Å²) in [7, 11) is -3.05. The van der Waals surface area contributed by atoms with Crippen LogP contribution in [0.2, 0.25) is 5.02 Å². The molecule has 0 N–H and O–H groups in total. The predicted molar refractivity (Wildman–Crippen MR) is 136 cm³/mol. The van der Waals surface area contributed by atoms with Gasteiger partial charge in [-0.3, -0.25) is 4.79 Å². The highest BCUT2D eigenvalue weighted by molar-refractivity contribution is 7.90. The van der Waals surface area contributed by atoms with E-state index in [1.165, 1.54) is 19.1 Å². The van der Waals surface area contributed by atoms with Gasteiger partial charge >= 0.3 is 0 Å². The number of ketones is 1. The number of halogens is 1. The Morgan fingerprint density at radius 1 is 1.15 bits per heavy atom. The highest BCUT2D eigenvalue weighted by Gasteiger charge is 2.21. The molecule has 1 atom stereocenters. The van der Waals surface area contributed by atoms with Crippen LogP contribution in [0.15, 0.2) is 30.3 Å². The third-order valence-corrected chi connectivity index (χ3v) is 7.92. The van der Waals surface area contributed by atoms with Crippen LogP contribution in [0.3, 0.4) is 0 Å². The molecule has 1 aliphatic rings. The number of piperidine rings is 1. The van der Waals surface area contributed by atoms with E-state index < -0.39 is 9.84 Å². The van der Waals surface area contributed by atoms with Crippen LogP contribution in [0.5, 0.6) is 0 Å². The van der Waals surface area contributed by atoms with E-state index in [0.717, 1.165) is 47.2 Å². The van der Waals surface area contributed by atoms with Crippen molar-refractivity contribution in [1.29, 1.82) is 0 Å². The van der Waals surface area contributed by atoms with Gasteiger partial charge in [-0.25, -0.2) is 13.4 Å². The van der Waals surface area contributed by atoms with E-state index in [4.69, 9.17) is 16.6 Å². The Kier molecular flexibility index (Phi) is 8.57. The molecule has 5 nitrogen and oxygen atoms in total. The summed E-state index contributed by atoms with van der Waals surface area (Å²) in [5.41, 5.74) is 3.78. The minimum Gasteiger partial charge on any atom is -0.356 e. The second kappa shape index (κ2) is 11.0. The highest BCUT2D eigenvalue weighted by Crippen LogP contribution is 2.28. The molecule has 7 heteroatoms. The number of rotatable bonds is 9. The van der Waals surface area contributed by atoms with Gasteiger partial charge in [-0.2, -0.15) is 0 Å². The van der Waals surface area contributed by atoms with E-state index in [2.05, 4.69) is 17.9 Å². The molecule has 1 aromatic heterocycles. The first-order chi connectivity index (χ1) is 15.5. The van der Waals surface area contributed by atoms with Gasteiger partial charge in [-0.05, 0) is 67.3 Å². The molecule has 33 heavy (non-hydrogen) atoms. The zero-order valence-electron chi connectivity index (χ0n) is 20.1. The van der Waals surface area contributed by atoms with E-state index in [0.29, 0.717) is 24.3 Å². The molecule has 1 saturated heterocycles. The first-order valence-electron chi connectivity index (χ1n) is 11.7. The van der Waals surface area contributed by atoms with E-state index in [-0.39, 0.29) is 17.5 Å². The van der Waals surface area contributed by atoms with Crippen molar-refractivity contribution in [2.24, 2.45) is 5.92 Å². The van der Waals surface area contributed by atoms with Crippen LogP contribution in [0.4, 0.5) is 5.82 Å². The minimum absolute atomic E-state index is 0.0589. The van der Waals surface area contributed by atoms with Gasteiger partial charge in [0.2, 0.25) is 0 Å². The number of nitrogens with zero attached hydrogens (tertiary/aromatic N) is 2. The normalized spacial score (nSPS) is 16.1. The summed E-state index contributed by atoms with van der Waals surface area (Å²) in [6, 6.07) is 9.66. The molecular formula is C26H35ClN2O3S. The number of benzene rings is 1. The Hall–Kier alpha value is -1.92. The molecule has 1 aliphatic heterocycles. The van der Waals surface area contributed by atoms with E-state index in [1.807, 2.05) is 32.0 Å². The van der Waals surface area contributed by atoms with Crippen molar-refractivity contribution in [3.05, 3.63) is 57.7 Å². The summed E-state index contributed by atoms with van der Waals surface area (Å²) in [5, 5.41) is 0.514. The van der Waals surface area contributed by atoms with Crippen molar-refractivity contribution in [2.45, 2.75) is 58.8 Å². The number of hydrogen-bond donors (Lipinski definition) is 0. The molecule has 0 bridgehead atoms. The SMILES string of the molecule is Cc1ccc(CCC(=O)C(C)c2ccc(CCS(C)(=O)=O)c(Cl)c2)c(N2CCC(C)CC2)n1. The third kappa shape index (κ3) is 7.28. The number of hydrogen-bond acceptors (Lipinski definition) is 5. The topological polar surface area (TPSA) is 67.3 Å². The average molecular weight is 491 g/mol. The average Bonchev–Trinajstić information content (AvgIpc) is 2.76. The molecule has 0 radical (unpaired) electrons. The second-order valence-corrected chi connectivity index (χ2v) is 12.2. The van der Waals surface area contributed by atoms with Gasteiger partial charge in [0.15, 0.2) is 0 Å². The maximum Gasteiger partial charge on any atom is 0.147 e. The molecule has 0 aliphatic carbocycles. The Morgan fingerprint density at radius 3 is 2.45 bits per heavy atom. The zero-order valence-corrected chi connectivity index (χ0v) is 21.7. The van der Waals surface area contributed by atoms with Crippen molar-refractivity contribution in [2.75, 3.05) is 30.0 Å². The van der Waals surface area contributed by atoms with Crippen molar-refractivity contribution in [3.63, 3.8) is 0 Å². The number of Topliss-reactive ketones (excluding diaryl/α,β-unsaturated/α-hetero) is 1. The van der Waals surface area contributed by atoms with E-state index in [9.17, 15) is 13.2 Å². The number of aromatic nitrogens is 1. The molecule has 1 aromatic carbocycles. The van der Waals surface area contributed by atoms with Crippen molar-refractivity contribution in [1.82, 2.24) is 4.98 Å². The van der Waals surface area contributed by atoms with Crippen LogP contribution >= 0.6 is 11.6 Å². The highest BCUT2D eigenvalue weighted by atomic mass is 35.5. The summed E-state index contributed by atoms with van der Waals surface area (Å²) in [6.07, 6.45) is 5.04. The van der Waals surface area contributed by atoms with Crippen molar-refractivity contribution in [3.8, 4) is 0 Å². The Morgan fingerprint density at radius 2 is 1.82 bits per heavy atom. The minimum atomic E-state index is -3.05. The lowest BCUT2D eigenvalue weighted by molar-refractivity contribution is -0.120. The largest absolute Gasteiger partial charge is 0.356 e. The van der Waals surface area contributed by atoms with Gasteiger partial charge in [-0.1, -0.05) is 43.6 Å². The summed E-state index contributed by atoms with van der Waals surface area (Å²) in [6.45, 7) is 8.24. The quantitative estimate of drug-likeness (QED) is 0.485. The van der Waals surface area contributed by atoms with Gasteiger partial charge in [-0.15, -0.1) is 0 Å². The lowest BCUT2D eigenvalue weighted by Gasteiger charge is -2.32. The van der Waals surface area contributed by atoms with Crippen LogP contribution < -0.4 is 4.90 Å². The smallest absolute Gasteiger partial charge is 0.147 e. The lowest BCUT2D eigenvalue weighted by Crippen LogP contribution is -2.34. The van der Waals surface area contributed by atoms with Crippen LogP contribution in [-0.2, 0) is 27.5 Å². The second-order valence-electron chi connectivity index (χ2n) is 9.52. The first kappa shape index (κ1) is 25.7. The lowest BCUT2D eigenvalue weighted by atomic mass is 9.92. The number of aryl methyl sites for hydroxylation is 3. The van der Waals surface area contributed by atoms with Gasteiger partial charge in [0.05, 0.1) is 5.75 Å². The number of pyridine rings is 1. The van der Waals surface area contributed by atoms with Crippen LogP contribution in [0.1, 0.15) is 61.4 Å². The fraction of sp³-hybridized carbons (Fsp3) is 0.538. The molecule has 1 fully saturated rings. The number of carbonyl (C=O) groups is 1. The third-order valence-electron chi connectivity index (χ3n) is 6.62. The fourth-order valence-electron chi connectivity index (χ4n) is 4.25. The predicted octanol–water partition coefficient (Wildman–Crippen LogP) is 5.17. The van der Waals surface area contributed by atoms with E-state index >= 15 is 0 Å². The Balaban J connectivity index is 1.66. The first-order valence-corrected chi connectivity index (χ1v) is 14.2. The number of anilines is 1. The van der Waals surface area contributed by atoms with Crippen LogP contribution in [-0.4, -0.2) is 44.3 Å². The van der Waals surface area contributed by atoms with Crippen LogP contribution in [0.25, 0.3) is 0 Å². The van der Waals surface area contributed by atoms with Gasteiger partial charge < -0.3 is 4.90 Å². The molecule has 0 spiro atoms. The molecule has 1 unspecified atom stereocenters. The number of sulfone groups is 1. The molecule has 0 amide bonds. The molecule has 3 rings (SSSR count). The molecular weight excluding hydrogens is 456 g/mol. The van der Waals surface area contributed by atoms with E-state index in [1.54, 1.807) is 6.07 Å².